The summed E-state index contributed by atoms with van der Waals surface area (Å²) in [5, 5.41) is 39.7. The van der Waals surface area contributed by atoms with Gasteiger partial charge in [-0.2, -0.15) is 21.0 Å². The maximum Gasteiger partial charge on any atom is 0.194 e. The molecule has 60 heavy (non-hydrogen) atoms. The number of ketones is 2. The minimum absolute atomic E-state index is 0.00114. The summed E-state index contributed by atoms with van der Waals surface area (Å²) in [4.78, 5) is 29.7. The molecule has 0 unspecified atom stereocenters. The lowest BCUT2D eigenvalue weighted by Crippen LogP contribution is -2.28. The SMILES string of the molecule is N#CC(C#N)=C1/C(=C/C2=CC3=C(c4sc5cc(/C=C6\C(=O)c7cc(F)c(F)cc7C6=C(C#N)C#N)sc5c4C34CCCCC4)C23CCCCC3)C(=O)c2cc(F)c(F)cc21. The number of nitriles is 4. The normalized spacial score (nSPS) is 20.6. The fourth-order valence-electron chi connectivity index (χ4n) is 10.8. The first kappa shape index (κ1) is 37.8. The van der Waals surface area contributed by atoms with Crippen LogP contribution in [0.1, 0.15) is 111 Å². The van der Waals surface area contributed by atoms with Gasteiger partial charge in [0.2, 0.25) is 0 Å². The van der Waals surface area contributed by atoms with Gasteiger partial charge in [0.25, 0.3) is 0 Å². The molecule has 292 valence electrons. The number of allylic oxidation sites excluding steroid dienone is 11. The summed E-state index contributed by atoms with van der Waals surface area (Å²) in [6.45, 7) is 0. The van der Waals surface area contributed by atoms with E-state index in [1.54, 1.807) is 23.5 Å². The second-order valence-electron chi connectivity index (χ2n) is 16.2. The molecule has 0 aliphatic heterocycles. The lowest BCUT2D eigenvalue weighted by molar-refractivity contribution is 0.103. The van der Waals surface area contributed by atoms with Crippen LogP contribution in [0.15, 0.2) is 75.9 Å². The quantitative estimate of drug-likeness (QED) is 0.112. The number of carbonyl (C=O) groups excluding carboxylic acids is 2. The van der Waals surface area contributed by atoms with Crippen LogP contribution in [0, 0.1) is 74.0 Å². The lowest BCUT2D eigenvalue weighted by Gasteiger charge is -2.38. The molecule has 2 saturated carbocycles. The Morgan fingerprint density at radius 2 is 1.07 bits per heavy atom. The third-order valence-electron chi connectivity index (χ3n) is 13.3. The molecule has 0 radical (unpaired) electrons. The Morgan fingerprint density at radius 1 is 0.600 bits per heavy atom. The first-order chi connectivity index (χ1) is 29.0. The van der Waals surface area contributed by atoms with E-state index in [0.717, 1.165) is 103 Å². The molecule has 6 aliphatic carbocycles. The third kappa shape index (κ3) is 5.05. The van der Waals surface area contributed by atoms with Crippen LogP contribution >= 0.6 is 22.7 Å². The van der Waals surface area contributed by atoms with Gasteiger partial charge in [0.1, 0.15) is 35.4 Å². The van der Waals surface area contributed by atoms with E-state index >= 15 is 0 Å². The molecule has 6 nitrogen and oxygen atoms in total. The molecule has 6 aliphatic rings. The highest BCUT2D eigenvalue weighted by molar-refractivity contribution is 7.29. The minimum Gasteiger partial charge on any atom is -0.289 e. The molecule has 4 aromatic rings. The molecule has 0 N–H and O–H groups in total. The summed E-state index contributed by atoms with van der Waals surface area (Å²) in [6, 6.07) is 12.8. The van der Waals surface area contributed by atoms with Crippen LogP contribution in [0.25, 0.3) is 32.2 Å². The number of Topliss-reactive ketones (excluding diaryl/α,β-unsaturated/α-hetero) is 2. The van der Waals surface area contributed by atoms with E-state index in [1.807, 2.05) is 30.3 Å². The summed E-state index contributed by atoms with van der Waals surface area (Å²) in [5.74, 6) is -5.94. The van der Waals surface area contributed by atoms with Gasteiger partial charge >= 0.3 is 0 Å². The van der Waals surface area contributed by atoms with Gasteiger partial charge in [-0.25, -0.2) is 17.6 Å². The van der Waals surface area contributed by atoms with Crippen LogP contribution < -0.4 is 0 Å². The average Bonchev–Trinajstić information content (AvgIpc) is 4.04. The number of halogens is 4. The number of hydrogen-bond acceptors (Lipinski definition) is 8. The molecular formula is C48H28F4N4O2S2. The van der Waals surface area contributed by atoms with Crippen LogP contribution in [-0.2, 0) is 5.41 Å². The largest absolute Gasteiger partial charge is 0.289 e. The van der Waals surface area contributed by atoms with Crippen molar-refractivity contribution in [3.63, 3.8) is 0 Å². The summed E-state index contributed by atoms with van der Waals surface area (Å²) in [5.41, 5.74) is 2.86. The molecule has 0 atom stereocenters. The van der Waals surface area contributed by atoms with Crippen LogP contribution in [0.3, 0.4) is 0 Å². The molecule has 2 fully saturated rings. The number of carbonyl (C=O) groups is 2. The van der Waals surface area contributed by atoms with Gasteiger partial charge < -0.3 is 0 Å². The number of benzene rings is 2. The van der Waals surface area contributed by atoms with Crippen LogP contribution in [0.4, 0.5) is 17.6 Å². The molecule has 10 rings (SSSR count). The Morgan fingerprint density at radius 3 is 1.57 bits per heavy atom. The highest BCUT2D eigenvalue weighted by Crippen LogP contribution is 2.70. The van der Waals surface area contributed by atoms with E-state index in [4.69, 9.17) is 0 Å². The first-order valence-electron chi connectivity index (χ1n) is 19.7. The van der Waals surface area contributed by atoms with Crippen molar-refractivity contribution in [2.24, 2.45) is 5.41 Å². The van der Waals surface area contributed by atoms with E-state index in [-0.39, 0.29) is 61.1 Å². The van der Waals surface area contributed by atoms with Crippen molar-refractivity contribution < 1.29 is 27.2 Å². The van der Waals surface area contributed by atoms with E-state index in [1.165, 1.54) is 32.9 Å². The Labute approximate surface area is 349 Å². The van der Waals surface area contributed by atoms with Gasteiger partial charge in [-0.3, -0.25) is 9.59 Å². The smallest absolute Gasteiger partial charge is 0.194 e. The summed E-state index contributed by atoms with van der Waals surface area (Å²) >= 11 is 3.16. The summed E-state index contributed by atoms with van der Waals surface area (Å²) in [7, 11) is 0. The topological polar surface area (TPSA) is 129 Å². The average molecular weight is 833 g/mol. The van der Waals surface area contributed by atoms with Gasteiger partial charge in [0.15, 0.2) is 34.8 Å². The van der Waals surface area contributed by atoms with Crippen molar-refractivity contribution in [3.05, 3.63) is 137 Å². The second-order valence-corrected chi connectivity index (χ2v) is 18.3. The Balaban J connectivity index is 1.14. The van der Waals surface area contributed by atoms with Gasteiger partial charge in [-0.1, -0.05) is 44.6 Å². The fourth-order valence-corrected chi connectivity index (χ4v) is 13.8. The minimum atomic E-state index is -1.20. The molecule has 2 aromatic heterocycles. The number of rotatable bonds is 2. The van der Waals surface area contributed by atoms with Crippen LogP contribution in [0.5, 0.6) is 0 Å². The number of fused-ring (bicyclic) bond motifs is 9. The molecule has 2 heterocycles. The number of hydrogen-bond donors (Lipinski definition) is 0. The zero-order valence-corrected chi connectivity index (χ0v) is 33.3. The molecule has 0 saturated heterocycles. The number of thiophene rings is 2. The zero-order chi connectivity index (χ0) is 41.8. The predicted octanol–water partition coefficient (Wildman–Crippen LogP) is 12.1. The highest BCUT2D eigenvalue weighted by Gasteiger charge is 2.56. The van der Waals surface area contributed by atoms with Gasteiger partial charge in [-0.15, -0.1) is 22.7 Å². The number of nitrogens with zero attached hydrogens (tertiary/aromatic N) is 4. The second kappa shape index (κ2) is 13.5. The van der Waals surface area contributed by atoms with Gasteiger partial charge in [0.05, 0.1) is 4.70 Å². The van der Waals surface area contributed by atoms with E-state index < -0.39 is 40.3 Å². The maximum atomic E-state index is 14.7. The van der Waals surface area contributed by atoms with Gasteiger partial charge in [0, 0.05) is 58.7 Å². The lowest BCUT2D eigenvalue weighted by atomic mass is 9.66. The first-order valence-corrected chi connectivity index (χ1v) is 21.3. The Kier molecular flexibility index (Phi) is 8.54. The molecule has 0 amide bonds. The maximum absolute atomic E-state index is 14.7. The Bertz CT molecular complexity index is 3100. The molecular weight excluding hydrogens is 805 g/mol. The van der Waals surface area contributed by atoms with Crippen molar-refractivity contribution >= 4 is 66.4 Å². The molecule has 2 aromatic carbocycles. The molecule has 12 heteroatoms. The molecule has 0 bridgehead atoms. The van der Waals surface area contributed by atoms with Crippen molar-refractivity contribution in [1.82, 2.24) is 0 Å². The van der Waals surface area contributed by atoms with Crippen LogP contribution in [-0.4, -0.2) is 11.6 Å². The van der Waals surface area contributed by atoms with Crippen LogP contribution in [0.2, 0.25) is 0 Å². The van der Waals surface area contributed by atoms with Crippen molar-refractivity contribution in [3.8, 4) is 24.3 Å². The van der Waals surface area contributed by atoms with E-state index in [0.29, 0.717) is 4.88 Å². The predicted molar refractivity (Wildman–Crippen MR) is 219 cm³/mol. The standard InChI is InChI=1S/C48H28F4N4O2S2/c49-34-15-27-29(17-36(34)51)43(57)31(39(27)23(19-53)20-54)11-25-12-33-41(47(25)7-3-1-4-8-47)46-42(48(33)9-5-2-6-10-48)45-38(60-46)14-26(59-45)13-32-40(24(21-55)22-56)28-16-35(50)37(52)18-30(28)44(32)58/h11-18H,1-10H2/b31-11-,32-13-. The highest BCUT2D eigenvalue weighted by atomic mass is 32.1. The molecule has 2 spiro atoms. The van der Waals surface area contributed by atoms with E-state index in [2.05, 4.69) is 6.08 Å². The van der Waals surface area contributed by atoms with Crippen molar-refractivity contribution in [1.29, 1.82) is 21.0 Å². The zero-order valence-electron chi connectivity index (χ0n) is 31.6. The Hall–Kier alpha value is -6.44. The van der Waals surface area contributed by atoms with Crippen molar-refractivity contribution in [2.75, 3.05) is 0 Å². The summed E-state index contributed by atoms with van der Waals surface area (Å²) in [6.07, 6.45) is 14.9. The third-order valence-corrected chi connectivity index (χ3v) is 15.7. The van der Waals surface area contributed by atoms with E-state index in [9.17, 15) is 48.2 Å². The fraction of sp³-hybridized carbons (Fsp3) is 0.250. The van der Waals surface area contributed by atoms with Gasteiger partial charge in [-0.05, 0) is 102 Å². The monoisotopic (exact) mass is 832 g/mol. The summed E-state index contributed by atoms with van der Waals surface area (Å²) < 4.78 is 60.1. The van der Waals surface area contributed by atoms with Crippen molar-refractivity contribution in [2.45, 2.75) is 69.6 Å².